The number of fused-ring (bicyclic) bond motifs is 1. The maximum absolute atomic E-state index is 11.5. The van der Waals surface area contributed by atoms with Gasteiger partial charge >= 0.3 is 0 Å². The Morgan fingerprint density at radius 3 is 2.59 bits per heavy atom. The van der Waals surface area contributed by atoms with Crippen LogP contribution in [0.15, 0.2) is 42.5 Å². The van der Waals surface area contributed by atoms with Gasteiger partial charge < -0.3 is 20.1 Å². The number of nitrogens with one attached hydrogen (secondary N) is 1. The van der Waals surface area contributed by atoms with Crippen LogP contribution >= 0.6 is 11.6 Å². The third kappa shape index (κ3) is 5.21. The van der Waals surface area contributed by atoms with E-state index < -0.39 is 6.10 Å². The third-order valence-electron chi connectivity index (χ3n) is 5.45. The largest absolute Gasteiger partial charge is 0.491 e. The smallest absolute Gasteiger partial charge is 0.224 e. The molecule has 0 aromatic heterocycles. The molecule has 7 heteroatoms. The van der Waals surface area contributed by atoms with E-state index in [1.54, 1.807) is 0 Å². The van der Waals surface area contributed by atoms with Gasteiger partial charge in [-0.1, -0.05) is 17.7 Å². The van der Waals surface area contributed by atoms with Gasteiger partial charge in [-0.25, -0.2) is 0 Å². The number of halogens is 1. The fourth-order valence-electron chi connectivity index (χ4n) is 3.82. The highest BCUT2D eigenvalue weighted by Gasteiger charge is 2.20. The number of aliphatic hydroxyl groups is 1. The summed E-state index contributed by atoms with van der Waals surface area (Å²) in [4.78, 5) is 16.1. The number of piperazine rings is 1. The molecule has 1 fully saturated rings. The molecule has 2 N–H and O–H groups in total. The van der Waals surface area contributed by atoms with E-state index in [9.17, 15) is 9.90 Å². The molecule has 0 aliphatic carbocycles. The Bertz CT molecular complexity index is 851. The molecule has 1 unspecified atom stereocenters. The van der Waals surface area contributed by atoms with Gasteiger partial charge in [0.25, 0.3) is 0 Å². The van der Waals surface area contributed by atoms with E-state index in [1.165, 1.54) is 5.69 Å². The summed E-state index contributed by atoms with van der Waals surface area (Å²) in [5.74, 6) is 0.699. The number of ether oxygens (including phenoxy) is 1. The lowest BCUT2D eigenvalue weighted by Gasteiger charge is -2.36. The number of β-amino-alcohol motifs (C(OH)–C–C–N with tert-alkyl or cyclic N) is 1. The van der Waals surface area contributed by atoms with Crippen LogP contribution in [-0.4, -0.2) is 61.3 Å². The molecule has 154 valence electrons. The van der Waals surface area contributed by atoms with Gasteiger partial charge in [0.2, 0.25) is 5.91 Å². The van der Waals surface area contributed by atoms with Gasteiger partial charge in [0.15, 0.2) is 0 Å². The third-order valence-corrected chi connectivity index (χ3v) is 5.70. The second-order valence-electron chi connectivity index (χ2n) is 7.60. The second-order valence-corrected chi connectivity index (χ2v) is 8.03. The summed E-state index contributed by atoms with van der Waals surface area (Å²) in [7, 11) is 0. The van der Waals surface area contributed by atoms with E-state index in [1.807, 2.05) is 42.5 Å². The molecule has 1 saturated heterocycles. The van der Waals surface area contributed by atoms with Crippen LogP contribution in [-0.2, 0) is 11.2 Å². The van der Waals surface area contributed by atoms with Crippen molar-refractivity contribution < 1.29 is 14.6 Å². The molecule has 29 heavy (non-hydrogen) atoms. The lowest BCUT2D eigenvalue weighted by atomic mass is 10.0. The van der Waals surface area contributed by atoms with Crippen molar-refractivity contribution in [1.82, 2.24) is 4.90 Å². The van der Waals surface area contributed by atoms with E-state index in [-0.39, 0.29) is 12.5 Å². The maximum atomic E-state index is 11.5. The van der Waals surface area contributed by atoms with Gasteiger partial charge in [0.05, 0.1) is 0 Å². The van der Waals surface area contributed by atoms with Crippen molar-refractivity contribution >= 4 is 28.9 Å². The Balaban J connectivity index is 1.22. The molecule has 0 saturated carbocycles. The standard InChI is InChI=1S/C22H26ClN3O3/c23-17-3-5-18(6-4-17)26-11-9-25(10-12-26)14-19(27)15-29-20-7-1-16-2-8-22(28)24-21(16)13-20/h1,3-7,13,19,27H,2,8-12,14-15H2,(H,24,28). The van der Waals surface area contributed by atoms with Gasteiger partial charge in [-0.05, 0) is 42.3 Å². The van der Waals surface area contributed by atoms with Crippen molar-refractivity contribution in [2.75, 3.05) is 49.5 Å². The van der Waals surface area contributed by atoms with Gasteiger partial charge in [0, 0.05) is 61.6 Å². The number of anilines is 2. The van der Waals surface area contributed by atoms with Crippen LogP contribution < -0.4 is 15.0 Å². The topological polar surface area (TPSA) is 65.0 Å². The van der Waals surface area contributed by atoms with Crippen LogP contribution in [0.2, 0.25) is 5.02 Å². The lowest BCUT2D eigenvalue weighted by Crippen LogP contribution is -2.49. The van der Waals surface area contributed by atoms with E-state index in [4.69, 9.17) is 16.3 Å². The molecular formula is C22H26ClN3O3. The summed E-state index contributed by atoms with van der Waals surface area (Å²) in [5.41, 5.74) is 3.11. The lowest BCUT2D eigenvalue weighted by molar-refractivity contribution is -0.116. The number of nitrogens with zero attached hydrogens (tertiary/aromatic N) is 2. The first kappa shape index (κ1) is 20.0. The van der Waals surface area contributed by atoms with Crippen LogP contribution in [0.5, 0.6) is 5.75 Å². The van der Waals surface area contributed by atoms with Crippen molar-refractivity contribution in [2.24, 2.45) is 0 Å². The molecule has 1 amide bonds. The summed E-state index contributed by atoms with van der Waals surface area (Å²) in [6, 6.07) is 13.6. The summed E-state index contributed by atoms with van der Waals surface area (Å²) in [6.45, 7) is 4.43. The first-order valence-electron chi connectivity index (χ1n) is 10.0. The molecule has 0 bridgehead atoms. The maximum Gasteiger partial charge on any atom is 0.224 e. The van der Waals surface area contributed by atoms with Crippen molar-refractivity contribution in [3.8, 4) is 5.75 Å². The normalized spacial score (nSPS) is 18.1. The van der Waals surface area contributed by atoms with Crippen LogP contribution in [0.1, 0.15) is 12.0 Å². The molecule has 2 aliphatic heterocycles. The van der Waals surface area contributed by atoms with Crippen LogP contribution in [0.3, 0.4) is 0 Å². The second kappa shape index (κ2) is 9.03. The predicted octanol–water partition coefficient (Wildman–Crippen LogP) is 2.79. The number of aliphatic hydroxyl groups excluding tert-OH is 1. The fraction of sp³-hybridized carbons (Fsp3) is 0.409. The zero-order valence-corrected chi connectivity index (χ0v) is 17.1. The highest BCUT2D eigenvalue weighted by atomic mass is 35.5. The SMILES string of the molecule is O=C1CCc2ccc(OCC(O)CN3CCN(c4ccc(Cl)cc4)CC3)cc2N1. The van der Waals surface area contributed by atoms with E-state index in [0.29, 0.717) is 18.7 Å². The quantitative estimate of drug-likeness (QED) is 0.759. The molecule has 0 radical (unpaired) electrons. The zero-order valence-electron chi connectivity index (χ0n) is 16.3. The summed E-state index contributed by atoms with van der Waals surface area (Å²) in [5, 5.41) is 14.0. The van der Waals surface area contributed by atoms with Gasteiger partial charge in [-0.3, -0.25) is 9.69 Å². The van der Waals surface area contributed by atoms with E-state index >= 15 is 0 Å². The number of hydrogen-bond donors (Lipinski definition) is 2. The molecule has 2 aromatic carbocycles. The van der Waals surface area contributed by atoms with Crippen molar-refractivity contribution in [3.05, 3.63) is 53.1 Å². The van der Waals surface area contributed by atoms with Crippen LogP contribution in [0, 0.1) is 0 Å². The average molecular weight is 416 g/mol. The number of benzene rings is 2. The number of amides is 1. The molecular weight excluding hydrogens is 390 g/mol. The summed E-state index contributed by atoms with van der Waals surface area (Å²) < 4.78 is 5.76. The van der Waals surface area contributed by atoms with E-state index in [2.05, 4.69) is 15.1 Å². The van der Waals surface area contributed by atoms with Gasteiger partial charge in [-0.15, -0.1) is 0 Å². The Morgan fingerprint density at radius 2 is 1.83 bits per heavy atom. The Hall–Kier alpha value is -2.28. The zero-order chi connectivity index (χ0) is 20.2. The van der Waals surface area contributed by atoms with Crippen LogP contribution in [0.25, 0.3) is 0 Å². The predicted molar refractivity (Wildman–Crippen MR) is 115 cm³/mol. The first-order valence-corrected chi connectivity index (χ1v) is 10.4. The molecule has 6 nitrogen and oxygen atoms in total. The number of hydrogen-bond acceptors (Lipinski definition) is 5. The highest BCUT2D eigenvalue weighted by molar-refractivity contribution is 6.30. The minimum absolute atomic E-state index is 0.0347. The Labute approximate surface area is 176 Å². The van der Waals surface area contributed by atoms with Crippen molar-refractivity contribution in [2.45, 2.75) is 18.9 Å². The molecule has 4 rings (SSSR count). The fourth-order valence-corrected chi connectivity index (χ4v) is 3.95. The molecule has 0 spiro atoms. The van der Waals surface area contributed by atoms with Crippen LogP contribution in [0.4, 0.5) is 11.4 Å². The number of carbonyl (C=O) groups excluding carboxylic acids is 1. The number of carbonyl (C=O) groups is 1. The van der Waals surface area contributed by atoms with E-state index in [0.717, 1.165) is 48.9 Å². The number of aryl methyl sites for hydroxylation is 1. The summed E-state index contributed by atoms with van der Waals surface area (Å²) in [6.07, 6.45) is 0.714. The molecule has 2 aliphatic rings. The average Bonchev–Trinajstić information content (AvgIpc) is 2.73. The molecule has 1 atom stereocenters. The minimum Gasteiger partial charge on any atom is -0.491 e. The Kier molecular flexibility index (Phi) is 6.23. The van der Waals surface area contributed by atoms with Gasteiger partial charge in [0.1, 0.15) is 18.5 Å². The molecule has 2 aromatic rings. The Morgan fingerprint density at radius 1 is 1.07 bits per heavy atom. The minimum atomic E-state index is -0.567. The highest BCUT2D eigenvalue weighted by Crippen LogP contribution is 2.27. The van der Waals surface area contributed by atoms with Gasteiger partial charge in [-0.2, -0.15) is 0 Å². The molecule has 2 heterocycles. The first-order chi connectivity index (χ1) is 14.1. The monoisotopic (exact) mass is 415 g/mol. The number of rotatable bonds is 6. The van der Waals surface area contributed by atoms with Crippen molar-refractivity contribution in [1.29, 1.82) is 0 Å². The van der Waals surface area contributed by atoms with Crippen molar-refractivity contribution in [3.63, 3.8) is 0 Å². The summed E-state index contributed by atoms with van der Waals surface area (Å²) >= 11 is 5.96.